The van der Waals surface area contributed by atoms with Crippen LogP contribution in [-0.2, 0) is 26.5 Å². The summed E-state index contributed by atoms with van der Waals surface area (Å²) in [6.07, 6.45) is -1.15. The highest BCUT2D eigenvalue weighted by Gasteiger charge is 2.46. The van der Waals surface area contributed by atoms with Gasteiger partial charge in [0.05, 0.1) is 29.1 Å². The number of hydrogen-bond acceptors (Lipinski definition) is 8. The van der Waals surface area contributed by atoms with Crippen LogP contribution in [0.4, 0.5) is 22.8 Å². The van der Waals surface area contributed by atoms with Crippen molar-refractivity contribution in [2.75, 3.05) is 26.2 Å². The van der Waals surface area contributed by atoms with Gasteiger partial charge in [0.25, 0.3) is 0 Å². The minimum Gasteiger partial charge on any atom is -0.444 e. The molecule has 254 valence electrons. The molecule has 2 amide bonds. The Morgan fingerprint density at radius 2 is 1.15 bits per heavy atom. The Morgan fingerprint density at radius 3 is 1.51 bits per heavy atom. The number of pyridine rings is 2. The predicted octanol–water partition coefficient (Wildman–Crippen LogP) is 7.37. The molecule has 2 aromatic heterocycles. The second-order valence-electron chi connectivity index (χ2n) is 13.6. The maximum atomic E-state index is 13.3. The fourth-order valence-electron chi connectivity index (χ4n) is 5.35. The summed E-state index contributed by atoms with van der Waals surface area (Å²) in [5.41, 5.74) is -3.50. The fourth-order valence-corrected chi connectivity index (χ4v) is 6.21. The van der Waals surface area contributed by atoms with E-state index < -0.39 is 39.9 Å². The standard InChI is InChI=1S/C17H20F3N3O2.C16H20IN3O2/c1-15(2,3)25-14(24)23-9-6-16(11-21,7-10-23)13-12(17(18,19)20)5-4-8-22-13;1-15(2,3)22-14(21)20-9-6-16(11-18,7-10-20)13-12(17)5-4-8-19-13/h4-5,8H,6-7,9-10H2,1-3H3;4-5,8H,6-7,9-10H2,1-3H3. The van der Waals surface area contributed by atoms with E-state index in [1.54, 1.807) is 31.9 Å². The summed E-state index contributed by atoms with van der Waals surface area (Å²) >= 11 is 2.21. The predicted molar refractivity (Wildman–Crippen MR) is 175 cm³/mol. The minimum absolute atomic E-state index is 0.0723. The van der Waals surface area contributed by atoms with E-state index in [-0.39, 0.29) is 37.7 Å². The van der Waals surface area contributed by atoms with Crippen LogP contribution in [-0.4, -0.2) is 69.3 Å². The Kier molecular flexibility index (Phi) is 11.8. The topological polar surface area (TPSA) is 132 Å². The minimum atomic E-state index is -4.59. The molecule has 2 aliphatic heterocycles. The quantitative estimate of drug-likeness (QED) is 0.290. The summed E-state index contributed by atoms with van der Waals surface area (Å²) in [4.78, 5) is 35.6. The Bertz CT molecular complexity index is 1510. The monoisotopic (exact) mass is 768 g/mol. The van der Waals surface area contributed by atoms with Crippen LogP contribution in [0.25, 0.3) is 0 Å². The van der Waals surface area contributed by atoms with Crippen LogP contribution in [0.3, 0.4) is 0 Å². The van der Waals surface area contributed by atoms with E-state index in [0.717, 1.165) is 15.3 Å². The van der Waals surface area contributed by atoms with E-state index in [1.165, 1.54) is 17.2 Å². The molecule has 2 aliphatic rings. The summed E-state index contributed by atoms with van der Waals surface area (Å²) in [6.45, 7) is 12.0. The van der Waals surface area contributed by atoms with Gasteiger partial charge in [0.2, 0.25) is 0 Å². The summed E-state index contributed by atoms with van der Waals surface area (Å²) in [5.74, 6) is 0. The number of rotatable bonds is 2. The first kappa shape index (κ1) is 37.8. The first-order valence-electron chi connectivity index (χ1n) is 15.2. The molecule has 0 atom stereocenters. The van der Waals surface area contributed by atoms with E-state index in [2.05, 4.69) is 38.6 Å². The smallest absolute Gasteiger partial charge is 0.418 e. The number of carbonyl (C=O) groups excluding carboxylic acids is 2. The first-order chi connectivity index (χ1) is 21.8. The number of aromatic nitrogens is 2. The Labute approximate surface area is 287 Å². The number of piperidine rings is 2. The zero-order valence-corrected chi connectivity index (χ0v) is 29.6. The molecule has 0 unspecified atom stereocenters. The van der Waals surface area contributed by atoms with Crippen LogP contribution in [0.15, 0.2) is 36.7 Å². The second-order valence-corrected chi connectivity index (χ2v) is 14.7. The lowest BCUT2D eigenvalue weighted by Crippen LogP contribution is -2.47. The molecule has 2 saturated heterocycles. The highest BCUT2D eigenvalue weighted by atomic mass is 127. The number of nitriles is 2. The Morgan fingerprint density at radius 1 is 0.766 bits per heavy atom. The highest BCUT2D eigenvalue weighted by Crippen LogP contribution is 2.41. The molecular formula is C33H40F3IN6O4. The molecule has 0 bridgehead atoms. The lowest BCUT2D eigenvalue weighted by atomic mass is 9.75. The molecule has 47 heavy (non-hydrogen) atoms. The maximum absolute atomic E-state index is 13.3. The molecule has 0 radical (unpaired) electrons. The number of carbonyl (C=O) groups is 2. The van der Waals surface area contributed by atoms with Gasteiger partial charge in [-0.2, -0.15) is 23.7 Å². The molecule has 0 spiro atoms. The molecule has 2 fully saturated rings. The van der Waals surface area contributed by atoms with Gasteiger partial charge in [-0.15, -0.1) is 0 Å². The van der Waals surface area contributed by atoms with Gasteiger partial charge in [0, 0.05) is 42.1 Å². The largest absolute Gasteiger partial charge is 0.444 e. The zero-order valence-electron chi connectivity index (χ0n) is 27.4. The van der Waals surface area contributed by atoms with E-state index in [4.69, 9.17) is 9.47 Å². The van der Waals surface area contributed by atoms with E-state index >= 15 is 0 Å². The van der Waals surface area contributed by atoms with E-state index in [9.17, 15) is 33.3 Å². The van der Waals surface area contributed by atoms with Gasteiger partial charge in [-0.3, -0.25) is 9.97 Å². The third-order valence-corrected chi connectivity index (χ3v) is 8.61. The normalized spacial score (nSPS) is 17.7. The molecule has 0 saturated carbocycles. The van der Waals surface area contributed by atoms with Crippen molar-refractivity contribution in [2.24, 2.45) is 0 Å². The fraction of sp³-hybridized carbons (Fsp3) is 0.576. The van der Waals surface area contributed by atoms with Crippen molar-refractivity contribution >= 4 is 34.8 Å². The van der Waals surface area contributed by atoms with Gasteiger partial charge in [0.1, 0.15) is 22.0 Å². The van der Waals surface area contributed by atoms with Crippen molar-refractivity contribution in [3.8, 4) is 12.1 Å². The van der Waals surface area contributed by atoms with Crippen LogP contribution in [0, 0.1) is 26.2 Å². The number of alkyl halides is 3. The van der Waals surface area contributed by atoms with Crippen molar-refractivity contribution in [3.05, 3.63) is 57.2 Å². The number of nitrogens with zero attached hydrogens (tertiary/aromatic N) is 6. The number of halogens is 4. The second kappa shape index (κ2) is 14.6. The average molecular weight is 769 g/mol. The third kappa shape index (κ3) is 9.69. The molecule has 10 nitrogen and oxygen atoms in total. The van der Waals surface area contributed by atoms with E-state index in [1.807, 2.05) is 39.0 Å². The third-order valence-electron chi connectivity index (χ3n) is 7.74. The van der Waals surface area contributed by atoms with Gasteiger partial charge >= 0.3 is 18.4 Å². The number of likely N-dealkylation sites (tertiary alicyclic amines) is 2. The SMILES string of the molecule is CC(C)(C)OC(=O)N1CCC(C#N)(c2ncccc2C(F)(F)F)CC1.CC(C)(C)OC(=O)N1CCC(C#N)(c2ncccc2I)CC1. The first-order valence-corrected chi connectivity index (χ1v) is 16.3. The maximum Gasteiger partial charge on any atom is 0.418 e. The molecular weight excluding hydrogens is 728 g/mol. The molecule has 2 aromatic rings. The van der Waals surface area contributed by atoms with Crippen LogP contribution >= 0.6 is 22.6 Å². The average Bonchev–Trinajstić information content (AvgIpc) is 2.99. The van der Waals surface area contributed by atoms with Gasteiger partial charge in [-0.1, -0.05) is 0 Å². The molecule has 4 heterocycles. The number of hydrogen-bond donors (Lipinski definition) is 0. The summed E-state index contributed by atoms with van der Waals surface area (Å²) in [7, 11) is 0. The van der Waals surface area contributed by atoms with Gasteiger partial charge < -0.3 is 19.3 Å². The van der Waals surface area contributed by atoms with Crippen molar-refractivity contribution in [2.45, 2.75) is 95.4 Å². The van der Waals surface area contributed by atoms with Gasteiger partial charge in [-0.05, 0) is 114 Å². The van der Waals surface area contributed by atoms with Crippen molar-refractivity contribution in [1.29, 1.82) is 10.5 Å². The molecule has 0 aromatic carbocycles. The summed E-state index contributed by atoms with van der Waals surface area (Å²) in [5, 5.41) is 19.3. The molecule has 4 rings (SSSR count). The number of ether oxygens (including phenoxy) is 2. The zero-order chi connectivity index (χ0) is 35.3. The Hall–Kier alpha value is -3.66. The van der Waals surface area contributed by atoms with Crippen molar-refractivity contribution < 1.29 is 32.2 Å². The lowest BCUT2D eigenvalue weighted by Gasteiger charge is -2.38. The van der Waals surface area contributed by atoms with Gasteiger partial charge in [0.15, 0.2) is 0 Å². The van der Waals surface area contributed by atoms with Crippen molar-refractivity contribution in [1.82, 2.24) is 19.8 Å². The van der Waals surface area contributed by atoms with Crippen LogP contribution in [0.5, 0.6) is 0 Å². The molecule has 14 heteroatoms. The van der Waals surface area contributed by atoms with E-state index in [0.29, 0.717) is 25.9 Å². The summed E-state index contributed by atoms with van der Waals surface area (Å²) in [6, 6.07) is 10.4. The van der Waals surface area contributed by atoms with Crippen LogP contribution < -0.4 is 0 Å². The van der Waals surface area contributed by atoms with Gasteiger partial charge in [-0.25, -0.2) is 9.59 Å². The van der Waals surface area contributed by atoms with Crippen molar-refractivity contribution in [3.63, 3.8) is 0 Å². The summed E-state index contributed by atoms with van der Waals surface area (Å²) < 4.78 is 51.5. The van der Waals surface area contributed by atoms with Crippen LogP contribution in [0.1, 0.15) is 84.2 Å². The highest BCUT2D eigenvalue weighted by molar-refractivity contribution is 14.1. The lowest BCUT2D eigenvalue weighted by molar-refractivity contribution is -0.139. The Balaban J connectivity index is 0.000000257. The van der Waals surface area contributed by atoms with Crippen LogP contribution in [0.2, 0.25) is 0 Å². The number of amides is 2. The molecule has 0 N–H and O–H groups in total. The molecule has 0 aliphatic carbocycles.